The normalized spacial score (nSPS) is 48.5. The number of ether oxygens (including phenoxy) is 2. The van der Waals surface area contributed by atoms with E-state index in [1.54, 1.807) is 5.57 Å². The van der Waals surface area contributed by atoms with E-state index in [2.05, 4.69) is 53.4 Å². The van der Waals surface area contributed by atoms with Crippen molar-refractivity contribution in [3.05, 3.63) is 12.2 Å². The lowest BCUT2D eigenvalue weighted by Crippen LogP contribution is -2.69. The fourth-order valence-electron chi connectivity index (χ4n) is 12.5. The van der Waals surface area contributed by atoms with Gasteiger partial charge in [-0.05, 0) is 96.7 Å². The summed E-state index contributed by atoms with van der Waals surface area (Å²) in [7, 11) is 0. The van der Waals surface area contributed by atoms with Gasteiger partial charge in [-0.2, -0.15) is 0 Å². The van der Waals surface area contributed by atoms with Gasteiger partial charge in [-0.3, -0.25) is 9.69 Å². The first kappa shape index (κ1) is 29.4. The minimum Gasteiger partial charge on any atom is -0.379 e. The van der Waals surface area contributed by atoms with Crippen molar-refractivity contribution in [2.45, 2.75) is 119 Å². The molecule has 6 rings (SSSR count). The largest absolute Gasteiger partial charge is 0.379 e. The van der Waals surface area contributed by atoms with Crippen LogP contribution in [0, 0.1) is 50.2 Å². The summed E-state index contributed by atoms with van der Waals surface area (Å²) in [5, 5.41) is 0. The SMILES string of the molecule is C=C1CCC(C)(C)[C@@]12CC[C@]1(C)[C@H](CC[C@@H]3[C@@]4(C)CCC(=O)C(C)(C)[C@@H]4[C@H](OCCN4CCOCC4)C[C@]31C)C2. The van der Waals surface area contributed by atoms with Gasteiger partial charge in [0.05, 0.1) is 25.9 Å². The predicted molar refractivity (Wildman–Crippen MR) is 162 cm³/mol. The average molecular weight is 554 g/mol. The van der Waals surface area contributed by atoms with Gasteiger partial charge in [-0.25, -0.2) is 0 Å². The van der Waals surface area contributed by atoms with Gasteiger partial charge in [0.15, 0.2) is 0 Å². The number of fused-ring (bicyclic) bond motifs is 5. The van der Waals surface area contributed by atoms with Crippen LogP contribution in [0.1, 0.15) is 113 Å². The molecule has 1 saturated heterocycles. The van der Waals surface area contributed by atoms with Crippen LogP contribution >= 0.6 is 0 Å². The third kappa shape index (κ3) is 3.97. The molecule has 0 aromatic rings. The van der Waals surface area contributed by atoms with Crippen LogP contribution in [-0.4, -0.2) is 56.2 Å². The highest BCUT2D eigenvalue weighted by Gasteiger charge is 2.71. The molecule has 40 heavy (non-hydrogen) atoms. The zero-order valence-corrected chi connectivity index (χ0v) is 27.0. The number of ketones is 1. The van der Waals surface area contributed by atoms with E-state index < -0.39 is 0 Å². The van der Waals surface area contributed by atoms with Crippen molar-refractivity contribution >= 4 is 5.78 Å². The molecule has 4 heteroatoms. The summed E-state index contributed by atoms with van der Waals surface area (Å²) in [5.74, 6) is 2.17. The standard InChI is InChI=1S/C36H59NO3/c1-25-11-13-31(2,3)36(25)16-15-34(7)26(23-36)9-10-28-33(6)14-12-29(38)32(4,5)30(33)27(24-35(28,34)8)40-22-19-37-17-20-39-21-18-37/h26-28,30H,1,9-24H2,2-8H3/t26-,27-,28-,30+,33-,34-,35-,36-/m1/s1. The van der Waals surface area contributed by atoms with Gasteiger partial charge in [-0.1, -0.05) is 60.6 Å². The second-order valence-electron chi connectivity index (χ2n) is 17.1. The minimum atomic E-state index is -0.321. The van der Waals surface area contributed by atoms with Gasteiger partial charge in [0, 0.05) is 37.4 Å². The van der Waals surface area contributed by atoms with Gasteiger partial charge in [0.1, 0.15) is 5.78 Å². The van der Waals surface area contributed by atoms with Gasteiger partial charge >= 0.3 is 0 Å². The molecule has 0 aromatic carbocycles. The Morgan fingerprint density at radius 3 is 2.30 bits per heavy atom. The van der Waals surface area contributed by atoms with E-state index >= 15 is 0 Å². The van der Waals surface area contributed by atoms with Gasteiger partial charge in [0.2, 0.25) is 0 Å². The number of allylic oxidation sites excluding steroid dienone is 1. The molecule has 5 saturated carbocycles. The smallest absolute Gasteiger partial charge is 0.138 e. The third-order valence-corrected chi connectivity index (χ3v) is 15.2. The summed E-state index contributed by atoms with van der Waals surface area (Å²) in [5.41, 5.74) is 2.61. The fourth-order valence-corrected chi connectivity index (χ4v) is 12.5. The molecule has 0 bridgehead atoms. The monoisotopic (exact) mass is 553 g/mol. The molecule has 6 aliphatic rings. The van der Waals surface area contributed by atoms with Crippen molar-refractivity contribution in [3.8, 4) is 0 Å². The predicted octanol–water partition coefficient (Wildman–Crippen LogP) is 7.70. The molecule has 8 atom stereocenters. The van der Waals surface area contributed by atoms with Crippen LogP contribution in [0.15, 0.2) is 12.2 Å². The van der Waals surface area contributed by atoms with Crippen LogP contribution in [0.3, 0.4) is 0 Å². The maximum atomic E-state index is 13.5. The van der Waals surface area contributed by atoms with Crippen molar-refractivity contribution in [2.75, 3.05) is 39.5 Å². The Balaban J connectivity index is 1.32. The van der Waals surface area contributed by atoms with E-state index in [1.807, 2.05) is 0 Å². The number of hydrogen-bond acceptors (Lipinski definition) is 4. The van der Waals surface area contributed by atoms with Crippen LogP contribution in [-0.2, 0) is 14.3 Å². The summed E-state index contributed by atoms with van der Waals surface area (Å²) in [4.78, 5) is 15.9. The van der Waals surface area contributed by atoms with Crippen molar-refractivity contribution in [3.63, 3.8) is 0 Å². The van der Waals surface area contributed by atoms with Crippen molar-refractivity contribution in [2.24, 2.45) is 50.2 Å². The molecular formula is C36H59NO3. The first-order valence-corrected chi connectivity index (χ1v) is 16.8. The molecule has 0 radical (unpaired) electrons. The summed E-state index contributed by atoms with van der Waals surface area (Å²) in [6.45, 7) is 27.6. The Morgan fingerprint density at radius 2 is 1.62 bits per heavy atom. The number of carbonyl (C=O) groups excluding carboxylic acids is 1. The maximum Gasteiger partial charge on any atom is 0.138 e. The van der Waals surface area contributed by atoms with Gasteiger partial charge in [0.25, 0.3) is 0 Å². The highest BCUT2D eigenvalue weighted by atomic mass is 16.5. The topological polar surface area (TPSA) is 38.8 Å². The number of morpholine rings is 1. The molecule has 0 N–H and O–H groups in total. The van der Waals surface area contributed by atoms with Crippen LogP contribution in [0.2, 0.25) is 0 Å². The first-order valence-electron chi connectivity index (χ1n) is 16.8. The third-order valence-electron chi connectivity index (χ3n) is 15.2. The van der Waals surface area contributed by atoms with Gasteiger partial charge in [-0.15, -0.1) is 0 Å². The Labute approximate surface area is 245 Å². The molecular weight excluding hydrogens is 494 g/mol. The number of hydrogen-bond donors (Lipinski definition) is 0. The summed E-state index contributed by atoms with van der Waals surface area (Å²) < 4.78 is 12.6. The first-order chi connectivity index (χ1) is 18.7. The number of rotatable bonds is 4. The van der Waals surface area contributed by atoms with E-state index in [-0.39, 0.29) is 22.3 Å². The summed E-state index contributed by atoms with van der Waals surface area (Å²) >= 11 is 0. The molecule has 0 unspecified atom stereocenters. The molecule has 5 aliphatic carbocycles. The zero-order valence-electron chi connectivity index (χ0n) is 27.0. The molecule has 4 nitrogen and oxygen atoms in total. The zero-order chi connectivity index (χ0) is 28.8. The fraction of sp³-hybridized carbons (Fsp3) is 0.917. The lowest BCUT2D eigenvalue weighted by molar-refractivity contribution is -0.259. The van der Waals surface area contributed by atoms with Crippen LogP contribution in [0.4, 0.5) is 0 Å². The van der Waals surface area contributed by atoms with Crippen LogP contribution < -0.4 is 0 Å². The average Bonchev–Trinajstić information content (AvgIpc) is 3.11. The molecule has 226 valence electrons. The second-order valence-corrected chi connectivity index (χ2v) is 17.1. The molecule has 1 aliphatic heterocycles. The second kappa shape index (κ2) is 9.65. The number of carbonyl (C=O) groups is 1. The van der Waals surface area contributed by atoms with E-state index in [1.165, 1.54) is 44.9 Å². The highest BCUT2D eigenvalue weighted by molar-refractivity contribution is 5.85. The Kier molecular flexibility index (Phi) is 7.08. The highest BCUT2D eigenvalue weighted by Crippen LogP contribution is 2.77. The van der Waals surface area contributed by atoms with Crippen molar-refractivity contribution in [1.29, 1.82) is 0 Å². The van der Waals surface area contributed by atoms with Crippen LogP contribution in [0.5, 0.6) is 0 Å². The molecule has 1 heterocycles. The molecule has 0 amide bonds. The van der Waals surface area contributed by atoms with Crippen molar-refractivity contribution < 1.29 is 14.3 Å². The quantitative estimate of drug-likeness (QED) is 0.334. The lowest BCUT2D eigenvalue weighted by atomic mass is 9.32. The number of nitrogens with zero attached hydrogens (tertiary/aromatic N) is 1. The molecule has 6 fully saturated rings. The molecule has 1 spiro atoms. The number of Topliss-reactive ketones (excluding diaryl/α,β-unsaturated/α-hetero) is 1. The van der Waals surface area contributed by atoms with Gasteiger partial charge < -0.3 is 9.47 Å². The minimum absolute atomic E-state index is 0.146. The van der Waals surface area contributed by atoms with E-state index in [9.17, 15) is 4.79 Å². The van der Waals surface area contributed by atoms with Crippen molar-refractivity contribution in [1.82, 2.24) is 4.90 Å². The molecule has 0 aromatic heterocycles. The van der Waals surface area contributed by atoms with E-state index in [4.69, 9.17) is 16.1 Å². The summed E-state index contributed by atoms with van der Waals surface area (Å²) in [6.07, 6.45) is 12.2. The Hall–Kier alpha value is -0.710. The maximum absolute atomic E-state index is 13.5. The van der Waals surface area contributed by atoms with E-state index in [0.29, 0.717) is 33.9 Å². The van der Waals surface area contributed by atoms with E-state index in [0.717, 1.165) is 64.6 Å². The van der Waals surface area contributed by atoms with Crippen LogP contribution in [0.25, 0.3) is 0 Å². The lowest BCUT2D eigenvalue weighted by Gasteiger charge is -2.73. The Bertz CT molecular complexity index is 1030. The summed E-state index contributed by atoms with van der Waals surface area (Å²) in [6, 6.07) is 0. The Morgan fingerprint density at radius 1 is 0.900 bits per heavy atom.